The molecule has 3 rings (SSSR count). The van der Waals surface area contributed by atoms with Crippen LogP contribution >= 0.6 is 0 Å². The van der Waals surface area contributed by atoms with E-state index in [1.165, 1.54) is 12.5 Å². The lowest BCUT2D eigenvalue weighted by molar-refractivity contribution is -0.115. The van der Waals surface area contributed by atoms with Gasteiger partial charge in [0.05, 0.1) is 16.6 Å². The monoisotopic (exact) mass is 446 g/mol. The summed E-state index contributed by atoms with van der Waals surface area (Å²) in [6.07, 6.45) is 7.21. The van der Waals surface area contributed by atoms with E-state index in [4.69, 9.17) is 5.11 Å². The summed E-state index contributed by atoms with van der Waals surface area (Å²) in [5.41, 5.74) is 0.471. The molecule has 8 nitrogen and oxygen atoms in total. The molecule has 0 atom stereocenters. The number of carbonyl (C=O) groups is 2. The Hall–Kier alpha value is -3.10. The van der Waals surface area contributed by atoms with Crippen molar-refractivity contribution in [1.29, 1.82) is 0 Å². The largest absolute Gasteiger partial charge is 0.465 e. The minimum absolute atomic E-state index is 0.00558. The number of pyridine rings is 1. The van der Waals surface area contributed by atoms with Gasteiger partial charge in [0.15, 0.2) is 0 Å². The van der Waals surface area contributed by atoms with E-state index in [1.807, 2.05) is 23.7 Å². The fourth-order valence-corrected chi connectivity index (χ4v) is 4.37. The fourth-order valence-electron chi connectivity index (χ4n) is 4.37. The van der Waals surface area contributed by atoms with Crippen LogP contribution in [-0.4, -0.2) is 34.3 Å². The van der Waals surface area contributed by atoms with E-state index in [0.29, 0.717) is 11.2 Å². The number of carbonyl (C=O) groups excluding carboxylic acids is 1. The molecule has 0 spiro atoms. The zero-order valence-corrected chi connectivity index (χ0v) is 18.5. The van der Waals surface area contributed by atoms with Crippen LogP contribution in [0.1, 0.15) is 64.8 Å². The van der Waals surface area contributed by atoms with E-state index >= 15 is 0 Å². The molecule has 32 heavy (non-hydrogen) atoms. The maximum absolute atomic E-state index is 15.0. The standard InChI is InChI=1S/C23H31FN4O4/c1-3-15(4-2)28-13-19(27-21(29)12-25-23(31)32)22(30)16-10-17(24)18(11-20(16)28)26-14-8-6-5-7-9-14/h10-11,13-15,25-26H,3-9,12H2,1-2H3,(H,27,29)(H,31,32). The third-order valence-corrected chi connectivity index (χ3v) is 6.10. The molecule has 1 aromatic heterocycles. The molecule has 2 aromatic rings. The topological polar surface area (TPSA) is 112 Å². The summed E-state index contributed by atoms with van der Waals surface area (Å²) in [7, 11) is 0. The Balaban J connectivity index is 2.04. The summed E-state index contributed by atoms with van der Waals surface area (Å²) in [6, 6.07) is 3.17. The van der Waals surface area contributed by atoms with Gasteiger partial charge in [0.25, 0.3) is 0 Å². The number of benzene rings is 1. The first-order chi connectivity index (χ1) is 15.3. The van der Waals surface area contributed by atoms with Crippen molar-refractivity contribution in [1.82, 2.24) is 9.88 Å². The van der Waals surface area contributed by atoms with E-state index in [1.54, 1.807) is 12.3 Å². The van der Waals surface area contributed by atoms with Crippen LogP contribution in [0.3, 0.4) is 0 Å². The van der Waals surface area contributed by atoms with Crippen LogP contribution < -0.4 is 21.4 Å². The van der Waals surface area contributed by atoms with Crippen molar-refractivity contribution in [2.75, 3.05) is 17.2 Å². The number of anilines is 2. The molecule has 0 aliphatic heterocycles. The van der Waals surface area contributed by atoms with Gasteiger partial charge in [-0.3, -0.25) is 9.59 Å². The molecule has 1 aliphatic carbocycles. The van der Waals surface area contributed by atoms with Gasteiger partial charge >= 0.3 is 6.09 Å². The van der Waals surface area contributed by atoms with Crippen LogP contribution in [-0.2, 0) is 4.79 Å². The summed E-state index contributed by atoms with van der Waals surface area (Å²) in [5.74, 6) is -1.18. The van der Waals surface area contributed by atoms with Gasteiger partial charge in [0.1, 0.15) is 18.0 Å². The van der Waals surface area contributed by atoms with Crippen molar-refractivity contribution < 1.29 is 19.1 Å². The van der Waals surface area contributed by atoms with E-state index in [2.05, 4.69) is 10.6 Å². The van der Waals surface area contributed by atoms with Crippen LogP contribution in [0.15, 0.2) is 23.1 Å². The Morgan fingerprint density at radius 3 is 2.47 bits per heavy atom. The minimum atomic E-state index is -1.34. The number of nitrogens with one attached hydrogen (secondary N) is 3. The van der Waals surface area contributed by atoms with Gasteiger partial charge in [-0.1, -0.05) is 33.1 Å². The molecule has 2 amide bonds. The van der Waals surface area contributed by atoms with E-state index in [9.17, 15) is 18.8 Å². The highest BCUT2D eigenvalue weighted by atomic mass is 19.1. The fraction of sp³-hybridized carbons (Fsp3) is 0.522. The first-order valence-electron chi connectivity index (χ1n) is 11.3. The van der Waals surface area contributed by atoms with Crippen molar-refractivity contribution in [3.63, 3.8) is 0 Å². The second-order valence-electron chi connectivity index (χ2n) is 8.28. The number of hydrogen-bond donors (Lipinski definition) is 4. The smallest absolute Gasteiger partial charge is 0.405 e. The molecule has 174 valence electrons. The van der Waals surface area contributed by atoms with E-state index in [0.717, 1.165) is 38.5 Å². The highest BCUT2D eigenvalue weighted by molar-refractivity contribution is 5.96. The summed E-state index contributed by atoms with van der Waals surface area (Å²) in [6.45, 7) is 3.56. The summed E-state index contributed by atoms with van der Waals surface area (Å²) in [4.78, 5) is 35.8. The van der Waals surface area contributed by atoms with Gasteiger partial charge in [0, 0.05) is 18.3 Å². The third kappa shape index (κ3) is 5.38. The SMILES string of the molecule is CCC(CC)n1cc(NC(=O)CNC(=O)O)c(=O)c2cc(F)c(NC3CCCCC3)cc21. The van der Waals surface area contributed by atoms with E-state index < -0.39 is 29.8 Å². The Morgan fingerprint density at radius 1 is 1.16 bits per heavy atom. The summed E-state index contributed by atoms with van der Waals surface area (Å²) < 4.78 is 16.9. The van der Waals surface area contributed by atoms with Gasteiger partial charge in [-0.05, 0) is 37.8 Å². The second-order valence-corrected chi connectivity index (χ2v) is 8.28. The molecule has 1 heterocycles. The molecular formula is C23H31FN4O4. The van der Waals surface area contributed by atoms with Crippen molar-refractivity contribution in [2.45, 2.75) is 70.9 Å². The van der Waals surface area contributed by atoms with Crippen molar-refractivity contribution in [2.24, 2.45) is 0 Å². The van der Waals surface area contributed by atoms with Crippen LogP contribution in [0, 0.1) is 5.82 Å². The minimum Gasteiger partial charge on any atom is -0.465 e. The van der Waals surface area contributed by atoms with Gasteiger partial charge in [-0.25, -0.2) is 9.18 Å². The maximum atomic E-state index is 15.0. The normalized spacial score (nSPS) is 14.5. The quantitative estimate of drug-likeness (QED) is 0.479. The number of amides is 2. The number of halogens is 1. The molecule has 4 N–H and O–H groups in total. The molecule has 1 saturated carbocycles. The van der Waals surface area contributed by atoms with Gasteiger partial charge in [0.2, 0.25) is 11.3 Å². The van der Waals surface area contributed by atoms with Gasteiger partial charge < -0.3 is 25.6 Å². The first kappa shape index (κ1) is 23.6. The maximum Gasteiger partial charge on any atom is 0.405 e. The van der Waals surface area contributed by atoms with Crippen molar-refractivity contribution >= 4 is 34.3 Å². The van der Waals surface area contributed by atoms with E-state index in [-0.39, 0.29) is 23.2 Å². The highest BCUT2D eigenvalue weighted by Crippen LogP contribution is 2.29. The van der Waals surface area contributed by atoms with Crippen molar-refractivity contribution in [3.8, 4) is 0 Å². The highest BCUT2D eigenvalue weighted by Gasteiger charge is 2.20. The lowest BCUT2D eigenvalue weighted by Crippen LogP contribution is -2.33. The molecule has 0 saturated heterocycles. The predicted molar refractivity (Wildman–Crippen MR) is 123 cm³/mol. The number of nitrogens with zero attached hydrogens (tertiary/aromatic N) is 1. The Bertz CT molecular complexity index is 1040. The van der Waals surface area contributed by atoms with Crippen LogP contribution in [0.2, 0.25) is 0 Å². The zero-order chi connectivity index (χ0) is 23.3. The third-order valence-electron chi connectivity index (χ3n) is 6.10. The average Bonchev–Trinajstić information content (AvgIpc) is 2.77. The number of carboxylic acid groups (broad SMARTS) is 1. The average molecular weight is 447 g/mol. The van der Waals surface area contributed by atoms with Crippen molar-refractivity contribution in [3.05, 3.63) is 34.4 Å². The first-order valence-corrected chi connectivity index (χ1v) is 11.3. The molecule has 1 fully saturated rings. The molecule has 0 bridgehead atoms. The Labute approximate surface area is 186 Å². The molecular weight excluding hydrogens is 415 g/mol. The van der Waals surface area contributed by atoms with Crippen LogP contribution in [0.25, 0.3) is 10.9 Å². The number of fused-ring (bicyclic) bond motifs is 1. The summed E-state index contributed by atoms with van der Waals surface area (Å²) >= 11 is 0. The molecule has 1 aliphatic rings. The zero-order valence-electron chi connectivity index (χ0n) is 18.5. The summed E-state index contributed by atoms with van der Waals surface area (Å²) in [5, 5.41) is 16.6. The molecule has 0 unspecified atom stereocenters. The van der Waals surface area contributed by atoms with Crippen LogP contribution in [0.4, 0.5) is 20.6 Å². The van der Waals surface area contributed by atoms with Gasteiger partial charge in [-0.2, -0.15) is 0 Å². The van der Waals surface area contributed by atoms with Crippen LogP contribution in [0.5, 0.6) is 0 Å². The predicted octanol–water partition coefficient (Wildman–Crippen LogP) is 4.45. The lowest BCUT2D eigenvalue weighted by atomic mass is 9.95. The Morgan fingerprint density at radius 2 is 1.84 bits per heavy atom. The number of hydrogen-bond acceptors (Lipinski definition) is 4. The number of aromatic nitrogens is 1. The molecule has 0 radical (unpaired) electrons. The molecule has 1 aromatic carbocycles. The lowest BCUT2D eigenvalue weighted by Gasteiger charge is -2.25. The van der Waals surface area contributed by atoms with Gasteiger partial charge in [-0.15, -0.1) is 0 Å². The Kier molecular flexibility index (Phi) is 7.71. The molecule has 9 heteroatoms. The number of rotatable bonds is 8. The second kappa shape index (κ2) is 10.5.